The maximum atomic E-state index is 10.6. The number of carboxylic acids is 1. The summed E-state index contributed by atoms with van der Waals surface area (Å²) in [6, 6.07) is 0. The fraction of sp³-hybridized carbons (Fsp3) is 0.857. The van der Waals surface area contributed by atoms with Crippen LogP contribution in [0, 0.1) is 0 Å². The quantitative estimate of drug-likeness (QED) is 0.387. The first kappa shape index (κ1) is 10.8. The van der Waals surface area contributed by atoms with E-state index in [-0.39, 0.29) is 13.0 Å². The summed E-state index contributed by atoms with van der Waals surface area (Å²) in [4.78, 5) is 13.1. The zero-order valence-corrected chi connectivity index (χ0v) is 7.41. The lowest BCUT2D eigenvalue weighted by molar-refractivity contribution is -0.168. The van der Waals surface area contributed by atoms with Crippen LogP contribution in [-0.4, -0.2) is 41.0 Å². The van der Waals surface area contributed by atoms with Gasteiger partial charge in [0.15, 0.2) is 6.10 Å². The predicted molar refractivity (Wildman–Crippen MR) is 45.6 cm³/mol. The van der Waals surface area contributed by atoms with Crippen LogP contribution >= 0.6 is 0 Å². The SMILES string of the molecule is [N-]=[N+]=NCC1OC(C(=O)O)CCC1O. The Hall–Kier alpha value is -1.30. The zero-order chi connectivity index (χ0) is 10.6. The molecule has 0 amide bonds. The van der Waals surface area contributed by atoms with Gasteiger partial charge >= 0.3 is 5.97 Å². The Labute approximate surface area is 79.9 Å². The standard InChI is InChI=1S/C7H11N3O4/c8-10-9-3-6-4(11)1-2-5(14-6)7(12)13/h4-6,11H,1-3H2,(H,12,13). The third-order valence-corrected chi connectivity index (χ3v) is 2.09. The van der Waals surface area contributed by atoms with E-state index < -0.39 is 24.3 Å². The van der Waals surface area contributed by atoms with Crippen LogP contribution < -0.4 is 0 Å². The highest BCUT2D eigenvalue weighted by Gasteiger charge is 2.32. The number of aliphatic hydroxyl groups excluding tert-OH is 1. The Morgan fingerprint density at radius 3 is 2.93 bits per heavy atom. The van der Waals surface area contributed by atoms with Gasteiger partial charge in [0, 0.05) is 4.91 Å². The molecule has 1 saturated heterocycles. The van der Waals surface area contributed by atoms with E-state index in [1.54, 1.807) is 0 Å². The van der Waals surface area contributed by atoms with Crippen LogP contribution in [0.15, 0.2) is 5.11 Å². The van der Waals surface area contributed by atoms with Crippen LogP contribution in [0.5, 0.6) is 0 Å². The molecule has 78 valence electrons. The van der Waals surface area contributed by atoms with Crippen molar-refractivity contribution < 1.29 is 19.7 Å². The molecule has 0 aromatic carbocycles. The van der Waals surface area contributed by atoms with Crippen molar-refractivity contribution in [1.29, 1.82) is 0 Å². The van der Waals surface area contributed by atoms with Crippen molar-refractivity contribution in [2.45, 2.75) is 31.2 Å². The van der Waals surface area contributed by atoms with Crippen LogP contribution in [-0.2, 0) is 9.53 Å². The molecule has 7 heteroatoms. The lowest BCUT2D eigenvalue weighted by atomic mass is 10.0. The maximum absolute atomic E-state index is 10.6. The summed E-state index contributed by atoms with van der Waals surface area (Å²) in [6.45, 7) is -0.0402. The largest absolute Gasteiger partial charge is 0.479 e. The second-order valence-electron chi connectivity index (χ2n) is 3.06. The minimum atomic E-state index is -1.05. The molecule has 0 aromatic heterocycles. The number of rotatable bonds is 3. The molecule has 0 aromatic rings. The van der Waals surface area contributed by atoms with E-state index in [4.69, 9.17) is 15.4 Å². The Morgan fingerprint density at radius 1 is 1.64 bits per heavy atom. The summed E-state index contributed by atoms with van der Waals surface area (Å²) in [6.07, 6.45) is -1.74. The van der Waals surface area contributed by atoms with Crippen molar-refractivity contribution in [2.24, 2.45) is 5.11 Å². The van der Waals surface area contributed by atoms with Gasteiger partial charge in [-0.05, 0) is 18.4 Å². The van der Waals surface area contributed by atoms with Gasteiger partial charge in [0.1, 0.15) is 0 Å². The minimum absolute atomic E-state index is 0.0402. The lowest BCUT2D eigenvalue weighted by Crippen LogP contribution is -2.43. The fourth-order valence-electron chi connectivity index (χ4n) is 1.34. The van der Waals surface area contributed by atoms with E-state index >= 15 is 0 Å². The van der Waals surface area contributed by atoms with Crippen molar-refractivity contribution in [2.75, 3.05) is 6.54 Å². The van der Waals surface area contributed by atoms with Gasteiger partial charge in [0.2, 0.25) is 0 Å². The van der Waals surface area contributed by atoms with Crippen LogP contribution in [0.3, 0.4) is 0 Å². The number of ether oxygens (including phenoxy) is 1. The van der Waals surface area contributed by atoms with E-state index in [0.29, 0.717) is 6.42 Å². The normalized spacial score (nSPS) is 31.9. The maximum Gasteiger partial charge on any atom is 0.332 e. The van der Waals surface area contributed by atoms with Gasteiger partial charge < -0.3 is 14.9 Å². The monoisotopic (exact) mass is 201 g/mol. The van der Waals surface area contributed by atoms with Gasteiger partial charge in [-0.1, -0.05) is 5.11 Å². The number of carbonyl (C=O) groups is 1. The third kappa shape index (κ3) is 2.59. The zero-order valence-electron chi connectivity index (χ0n) is 7.41. The second-order valence-corrected chi connectivity index (χ2v) is 3.06. The molecule has 0 radical (unpaired) electrons. The number of aliphatic hydroxyl groups is 1. The molecule has 7 nitrogen and oxygen atoms in total. The van der Waals surface area contributed by atoms with Gasteiger partial charge in [0.05, 0.1) is 18.8 Å². The van der Waals surface area contributed by atoms with Gasteiger partial charge in [-0.15, -0.1) is 0 Å². The highest BCUT2D eigenvalue weighted by atomic mass is 16.5. The Kier molecular flexibility index (Phi) is 3.70. The molecule has 3 atom stereocenters. The third-order valence-electron chi connectivity index (χ3n) is 2.09. The predicted octanol–water partition coefficient (Wildman–Crippen LogP) is 0.290. The number of carboxylic acid groups (broad SMARTS) is 1. The summed E-state index contributed by atoms with van der Waals surface area (Å²) in [7, 11) is 0. The number of aliphatic carboxylic acids is 1. The van der Waals surface area contributed by atoms with Gasteiger partial charge in [0.25, 0.3) is 0 Å². The molecule has 1 fully saturated rings. The minimum Gasteiger partial charge on any atom is -0.479 e. The first-order valence-electron chi connectivity index (χ1n) is 4.22. The molecule has 14 heavy (non-hydrogen) atoms. The molecular formula is C7H11N3O4. The molecule has 1 heterocycles. The Morgan fingerprint density at radius 2 is 2.36 bits per heavy atom. The van der Waals surface area contributed by atoms with Crippen LogP contribution in [0.4, 0.5) is 0 Å². The summed E-state index contributed by atoms with van der Waals surface area (Å²) in [5, 5.41) is 21.3. The summed E-state index contributed by atoms with van der Waals surface area (Å²) >= 11 is 0. The first-order valence-corrected chi connectivity index (χ1v) is 4.22. The smallest absolute Gasteiger partial charge is 0.332 e. The van der Waals surface area contributed by atoms with Crippen LogP contribution in [0.1, 0.15) is 12.8 Å². The molecule has 0 bridgehead atoms. The topological polar surface area (TPSA) is 116 Å². The van der Waals surface area contributed by atoms with Crippen molar-refractivity contribution in [3.63, 3.8) is 0 Å². The fourth-order valence-corrected chi connectivity index (χ4v) is 1.34. The molecule has 1 aliphatic heterocycles. The molecular weight excluding hydrogens is 190 g/mol. The number of hydrogen-bond acceptors (Lipinski definition) is 4. The highest BCUT2D eigenvalue weighted by Crippen LogP contribution is 2.20. The first-order chi connectivity index (χ1) is 6.65. The molecule has 0 saturated carbocycles. The highest BCUT2D eigenvalue weighted by molar-refractivity contribution is 5.72. The molecule has 2 N–H and O–H groups in total. The second kappa shape index (κ2) is 4.80. The molecule has 0 spiro atoms. The van der Waals surface area contributed by atoms with Crippen molar-refractivity contribution >= 4 is 5.97 Å². The van der Waals surface area contributed by atoms with Gasteiger partial charge in [-0.2, -0.15) is 0 Å². The van der Waals surface area contributed by atoms with Gasteiger partial charge in [-0.3, -0.25) is 0 Å². The van der Waals surface area contributed by atoms with E-state index in [1.807, 2.05) is 0 Å². The molecule has 1 aliphatic rings. The lowest BCUT2D eigenvalue weighted by Gasteiger charge is -2.30. The van der Waals surface area contributed by atoms with E-state index in [0.717, 1.165) is 0 Å². The summed E-state index contributed by atoms with van der Waals surface area (Å²) in [5.74, 6) is -1.05. The molecule has 3 unspecified atom stereocenters. The number of hydrogen-bond donors (Lipinski definition) is 2. The van der Waals surface area contributed by atoms with Crippen molar-refractivity contribution in [1.82, 2.24) is 0 Å². The molecule has 1 rings (SSSR count). The van der Waals surface area contributed by atoms with Crippen LogP contribution in [0.2, 0.25) is 0 Å². The number of azide groups is 1. The average Bonchev–Trinajstić information content (AvgIpc) is 2.16. The summed E-state index contributed by atoms with van der Waals surface area (Å²) < 4.78 is 5.05. The van der Waals surface area contributed by atoms with Crippen LogP contribution in [0.25, 0.3) is 10.4 Å². The number of nitrogens with zero attached hydrogens (tertiary/aromatic N) is 3. The van der Waals surface area contributed by atoms with Crippen molar-refractivity contribution in [3.05, 3.63) is 10.4 Å². The summed E-state index contributed by atoms with van der Waals surface area (Å²) in [5.41, 5.74) is 8.06. The van der Waals surface area contributed by atoms with E-state index in [2.05, 4.69) is 10.0 Å². The van der Waals surface area contributed by atoms with E-state index in [9.17, 15) is 9.90 Å². The Balaban J connectivity index is 2.54. The Bertz CT molecular complexity index is 264. The van der Waals surface area contributed by atoms with E-state index in [1.165, 1.54) is 0 Å². The van der Waals surface area contributed by atoms with Crippen molar-refractivity contribution in [3.8, 4) is 0 Å². The average molecular weight is 201 g/mol. The van der Waals surface area contributed by atoms with Gasteiger partial charge in [-0.25, -0.2) is 4.79 Å². The molecule has 0 aliphatic carbocycles.